The molecule has 1 aromatic rings. The zero-order valence-corrected chi connectivity index (χ0v) is 18.1. The number of hydrogen-bond acceptors (Lipinski definition) is 9. The highest BCUT2D eigenvalue weighted by molar-refractivity contribution is 7.80. The molecule has 10 N–H and O–H groups in total. The minimum Gasteiger partial charge on any atom is -0.481 e. The van der Waals surface area contributed by atoms with Gasteiger partial charge >= 0.3 is 11.9 Å². The molecule has 0 radical (unpaired) electrons. The molecule has 0 fully saturated rings. The number of primary amides is 1. The Hall–Kier alpha value is -3.66. The molecule has 0 aromatic carbocycles. The second-order valence-electron chi connectivity index (χ2n) is 6.86. The lowest BCUT2D eigenvalue weighted by Crippen LogP contribution is -2.58. The van der Waals surface area contributed by atoms with Gasteiger partial charge in [-0.15, -0.1) is 0 Å². The Kier molecular flexibility index (Phi) is 10.8. The molecule has 16 heteroatoms. The molecule has 0 saturated carbocycles. The molecule has 0 saturated heterocycles. The van der Waals surface area contributed by atoms with Crippen LogP contribution < -0.4 is 27.4 Å². The predicted octanol–water partition coefficient (Wildman–Crippen LogP) is -3.90. The van der Waals surface area contributed by atoms with E-state index in [4.69, 9.17) is 21.7 Å². The average Bonchev–Trinajstić information content (AvgIpc) is 3.22. The zero-order valence-electron chi connectivity index (χ0n) is 17.2. The molecule has 1 heterocycles. The number of carbonyl (C=O) groups is 6. The van der Waals surface area contributed by atoms with Gasteiger partial charge in [0.25, 0.3) is 0 Å². The number of imidazole rings is 1. The number of nitrogens with one attached hydrogen (secondary N) is 4. The van der Waals surface area contributed by atoms with E-state index in [2.05, 4.69) is 38.5 Å². The number of nitrogens with zero attached hydrogens (tertiary/aromatic N) is 1. The van der Waals surface area contributed by atoms with E-state index in [-0.39, 0.29) is 12.2 Å². The van der Waals surface area contributed by atoms with Crippen LogP contribution in [0.2, 0.25) is 0 Å². The summed E-state index contributed by atoms with van der Waals surface area (Å²) in [6, 6.07) is -5.70. The van der Waals surface area contributed by atoms with Crippen molar-refractivity contribution in [2.75, 3.05) is 5.75 Å². The van der Waals surface area contributed by atoms with Crippen molar-refractivity contribution in [2.45, 2.75) is 43.4 Å². The number of aromatic nitrogens is 2. The van der Waals surface area contributed by atoms with Gasteiger partial charge in [0, 0.05) is 24.1 Å². The molecule has 0 aliphatic rings. The Bertz CT molecular complexity index is 879. The standard InChI is InChI=1S/C17H25N7O8S/c18-8(2-13(26)27)14(28)22-9(1-7-4-20-6-21-7)15(29)24-11(5-33)16(30)23-10(17(31)32)3-12(19)25/h4,6,8-11,33H,1-3,5,18H2,(H2,19,25)(H,20,21)(H,22,28)(H,23,30)(H,24,29)(H,26,27)(H,31,32). The first-order valence-electron chi connectivity index (χ1n) is 9.42. The van der Waals surface area contributed by atoms with Crippen molar-refractivity contribution in [3.63, 3.8) is 0 Å². The number of carboxylic acids is 2. The molecule has 4 atom stereocenters. The van der Waals surface area contributed by atoms with Crippen molar-refractivity contribution in [1.29, 1.82) is 0 Å². The number of thiol groups is 1. The summed E-state index contributed by atoms with van der Waals surface area (Å²) < 4.78 is 0. The van der Waals surface area contributed by atoms with Crippen LogP contribution in [-0.4, -0.2) is 85.7 Å². The smallest absolute Gasteiger partial charge is 0.326 e. The van der Waals surface area contributed by atoms with E-state index in [9.17, 15) is 28.8 Å². The van der Waals surface area contributed by atoms with Gasteiger partial charge in [-0.1, -0.05) is 0 Å². The number of aromatic amines is 1. The lowest BCUT2D eigenvalue weighted by Gasteiger charge is -2.24. The fraction of sp³-hybridized carbons (Fsp3) is 0.471. The largest absolute Gasteiger partial charge is 0.481 e. The number of amides is 4. The SMILES string of the molecule is NC(=O)CC(NC(=O)C(CS)NC(=O)C(Cc1cnc[nH]1)NC(=O)C(N)CC(=O)O)C(=O)O. The second kappa shape index (κ2) is 13.0. The number of nitrogens with two attached hydrogens (primary N) is 2. The molecule has 182 valence electrons. The molecule has 1 aromatic heterocycles. The van der Waals surface area contributed by atoms with Gasteiger partial charge in [0.2, 0.25) is 23.6 Å². The van der Waals surface area contributed by atoms with Crippen LogP contribution in [0.4, 0.5) is 0 Å². The zero-order chi connectivity index (χ0) is 25.1. The number of carboxylic acid groups (broad SMARTS) is 2. The summed E-state index contributed by atoms with van der Waals surface area (Å²) in [7, 11) is 0. The van der Waals surface area contributed by atoms with Gasteiger partial charge in [-0.25, -0.2) is 9.78 Å². The van der Waals surface area contributed by atoms with Crippen molar-refractivity contribution < 1.29 is 39.0 Å². The van der Waals surface area contributed by atoms with E-state index in [1.165, 1.54) is 12.5 Å². The summed E-state index contributed by atoms with van der Waals surface area (Å²) in [5, 5.41) is 24.6. The molecule has 1 rings (SSSR count). The summed E-state index contributed by atoms with van der Waals surface area (Å²) in [6.07, 6.45) is 1.25. The summed E-state index contributed by atoms with van der Waals surface area (Å²) in [6.45, 7) is 0. The monoisotopic (exact) mass is 487 g/mol. The first-order valence-corrected chi connectivity index (χ1v) is 10.1. The van der Waals surface area contributed by atoms with Crippen LogP contribution >= 0.6 is 12.6 Å². The maximum Gasteiger partial charge on any atom is 0.326 e. The van der Waals surface area contributed by atoms with Gasteiger partial charge in [0.1, 0.15) is 18.1 Å². The van der Waals surface area contributed by atoms with Gasteiger partial charge in [0.15, 0.2) is 0 Å². The number of carbonyl (C=O) groups excluding carboxylic acids is 4. The third-order valence-corrected chi connectivity index (χ3v) is 4.54. The van der Waals surface area contributed by atoms with Gasteiger partial charge in [-0.2, -0.15) is 12.6 Å². The predicted molar refractivity (Wildman–Crippen MR) is 114 cm³/mol. The van der Waals surface area contributed by atoms with E-state index in [0.29, 0.717) is 5.69 Å². The maximum absolute atomic E-state index is 12.8. The minimum atomic E-state index is -1.62. The number of H-pyrrole nitrogens is 1. The molecule has 0 bridgehead atoms. The van der Waals surface area contributed by atoms with E-state index in [0.717, 1.165) is 0 Å². The van der Waals surface area contributed by atoms with Crippen molar-refractivity contribution in [2.24, 2.45) is 11.5 Å². The molecule has 0 aliphatic heterocycles. The molecule has 33 heavy (non-hydrogen) atoms. The summed E-state index contributed by atoms with van der Waals surface area (Å²) >= 11 is 3.97. The van der Waals surface area contributed by atoms with Crippen molar-refractivity contribution in [3.05, 3.63) is 18.2 Å². The first kappa shape index (κ1) is 27.4. The number of hydrogen-bond donors (Lipinski definition) is 9. The summed E-state index contributed by atoms with van der Waals surface area (Å²) in [4.78, 5) is 77.0. The average molecular weight is 487 g/mol. The second-order valence-corrected chi connectivity index (χ2v) is 7.23. The van der Waals surface area contributed by atoms with Crippen LogP contribution in [-0.2, 0) is 35.2 Å². The lowest BCUT2D eigenvalue weighted by molar-refractivity contribution is -0.143. The normalized spacial score (nSPS) is 14.2. The van der Waals surface area contributed by atoms with Crippen LogP contribution in [0.25, 0.3) is 0 Å². The fourth-order valence-electron chi connectivity index (χ4n) is 2.53. The summed E-state index contributed by atoms with van der Waals surface area (Å²) in [5.74, 6) is -6.79. The molecule has 4 unspecified atom stereocenters. The Morgan fingerprint density at radius 2 is 1.55 bits per heavy atom. The molecule has 0 aliphatic carbocycles. The Morgan fingerprint density at radius 3 is 2.03 bits per heavy atom. The van der Waals surface area contributed by atoms with Crippen LogP contribution in [0.1, 0.15) is 18.5 Å². The van der Waals surface area contributed by atoms with Crippen LogP contribution in [0, 0.1) is 0 Å². The first-order chi connectivity index (χ1) is 15.4. The Balaban J connectivity index is 2.94. The van der Waals surface area contributed by atoms with Gasteiger partial charge in [-0.3, -0.25) is 24.0 Å². The lowest BCUT2D eigenvalue weighted by atomic mass is 10.1. The van der Waals surface area contributed by atoms with Gasteiger partial charge < -0.3 is 42.6 Å². The fourth-order valence-corrected chi connectivity index (χ4v) is 2.78. The topological polar surface area (TPSA) is 260 Å². The Morgan fingerprint density at radius 1 is 0.970 bits per heavy atom. The van der Waals surface area contributed by atoms with Crippen LogP contribution in [0.3, 0.4) is 0 Å². The summed E-state index contributed by atoms with van der Waals surface area (Å²) in [5.41, 5.74) is 10.9. The Labute approximate surface area is 192 Å². The van der Waals surface area contributed by atoms with Gasteiger partial charge in [0.05, 0.1) is 25.2 Å². The maximum atomic E-state index is 12.8. The van der Waals surface area contributed by atoms with E-state index >= 15 is 0 Å². The molecule has 0 spiro atoms. The molecule has 15 nitrogen and oxygen atoms in total. The minimum absolute atomic E-state index is 0.113. The highest BCUT2D eigenvalue weighted by Gasteiger charge is 2.31. The number of rotatable bonds is 14. The molecule has 4 amide bonds. The van der Waals surface area contributed by atoms with Crippen LogP contribution in [0.15, 0.2) is 12.5 Å². The quantitative estimate of drug-likeness (QED) is 0.115. The van der Waals surface area contributed by atoms with Crippen molar-refractivity contribution in [1.82, 2.24) is 25.9 Å². The van der Waals surface area contributed by atoms with Crippen LogP contribution in [0.5, 0.6) is 0 Å². The molecular weight excluding hydrogens is 462 g/mol. The molecular formula is C17H25N7O8S. The highest BCUT2D eigenvalue weighted by atomic mass is 32.1. The third-order valence-electron chi connectivity index (χ3n) is 4.18. The number of aliphatic carboxylic acids is 2. The van der Waals surface area contributed by atoms with E-state index < -0.39 is 72.6 Å². The van der Waals surface area contributed by atoms with Gasteiger partial charge in [-0.05, 0) is 0 Å². The van der Waals surface area contributed by atoms with Crippen molar-refractivity contribution in [3.8, 4) is 0 Å². The highest BCUT2D eigenvalue weighted by Crippen LogP contribution is 2.03. The van der Waals surface area contributed by atoms with Crippen molar-refractivity contribution >= 4 is 48.2 Å². The van der Waals surface area contributed by atoms with E-state index in [1.807, 2.05) is 0 Å². The third kappa shape index (κ3) is 9.56. The van der Waals surface area contributed by atoms with E-state index in [1.54, 1.807) is 0 Å².